The van der Waals surface area contributed by atoms with Gasteiger partial charge in [-0.15, -0.1) is 5.10 Å². The average Bonchev–Trinajstić information content (AvgIpc) is 3.24. The van der Waals surface area contributed by atoms with Crippen molar-refractivity contribution in [2.75, 3.05) is 36.9 Å². The van der Waals surface area contributed by atoms with E-state index < -0.39 is 0 Å². The quantitative estimate of drug-likeness (QED) is 0.575. The van der Waals surface area contributed by atoms with Gasteiger partial charge in [-0.3, -0.25) is 9.69 Å². The summed E-state index contributed by atoms with van der Waals surface area (Å²) >= 11 is 1.65. The number of likely N-dealkylation sites (N-methyl/N-ethyl adjacent to an activating group) is 1. The highest BCUT2D eigenvalue weighted by Gasteiger charge is 2.27. The van der Waals surface area contributed by atoms with E-state index in [2.05, 4.69) is 37.4 Å². The Hall–Kier alpha value is -2.90. The summed E-state index contributed by atoms with van der Waals surface area (Å²) in [6.45, 7) is 2.13. The number of para-hydroxylation sites is 1. The van der Waals surface area contributed by atoms with E-state index in [-0.39, 0.29) is 5.91 Å². The third-order valence-corrected chi connectivity index (χ3v) is 6.38. The smallest absolute Gasteiger partial charge is 0.238 e. The molecule has 1 aliphatic heterocycles. The summed E-state index contributed by atoms with van der Waals surface area (Å²) in [5.41, 5.74) is 0.844. The van der Waals surface area contributed by atoms with E-state index in [1.54, 1.807) is 18.0 Å². The molecule has 0 bridgehead atoms. The highest BCUT2D eigenvalue weighted by Crippen LogP contribution is 2.33. The lowest BCUT2D eigenvalue weighted by atomic mass is 10.2. The second-order valence-electron chi connectivity index (χ2n) is 7.73. The highest BCUT2D eigenvalue weighted by molar-refractivity contribution is 7.99. The Kier molecular flexibility index (Phi) is 7.17. The first-order chi connectivity index (χ1) is 15.2. The van der Waals surface area contributed by atoms with E-state index >= 15 is 0 Å². The fourth-order valence-electron chi connectivity index (χ4n) is 3.91. The number of nitrogens with zero attached hydrogens (tertiary/aromatic N) is 4. The first-order valence-electron chi connectivity index (χ1n) is 10.5. The second kappa shape index (κ2) is 10.4. The van der Waals surface area contributed by atoms with E-state index in [4.69, 9.17) is 0 Å². The van der Waals surface area contributed by atoms with Crippen LogP contribution in [0.3, 0.4) is 0 Å². The van der Waals surface area contributed by atoms with Crippen LogP contribution in [-0.2, 0) is 4.79 Å². The van der Waals surface area contributed by atoms with Gasteiger partial charge in [0.25, 0.3) is 0 Å². The minimum absolute atomic E-state index is 0.00680. The van der Waals surface area contributed by atoms with Crippen molar-refractivity contribution in [3.63, 3.8) is 0 Å². The summed E-state index contributed by atoms with van der Waals surface area (Å²) in [7, 11) is 2.00. The molecule has 2 heterocycles. The molecule has 1 saturated heterocycles. The van der Waals surface area contributed by atoms with E-state index in [0.29, 0.717) is 12.6 Å². The van der Waals surface area contributed by atoms with Crippen molar-refractivity contribution in [1.82, 2.24) is 15.1 Å². The van der Waals surface area contributed by atoms with Crippen molar-refractivity contribution in [2.45, 2.75) is 28.7 Å². The number of benzene rings is 2. The topological polar surface area (TPSA) is 61.4 Å². The van der Waals surface area contributed by atoms with Crippen molar-refractivity contribution in [3.8, 4) is 0 Å². The monoisotopic (exact) mass is 433 g/mol. The van der Waals surface area contributed by atoms with Crippen LogP contribution in [-0.4, -0.2) is 53.7 Å². The molecule has 1 amide bonds. The van der Waals surface area contributed by atoms with E-state index in [1.165, 1.54) is 0 Å². The van der Waals surface area contributed by atoms with Gasteiger partial charge in [-0.05, 0) is 56.3 Å². The van der Waals surface area contributed by atoms with Crippen LogP contribution >= 0.6 is 11.8 Å². The molecule has 3 aromatic rings. The Labute approximate surface area is 187 Å². The third kappa shape index (κ3) is 5.83. The molecule has 4 rings (SSSR count). The fourth-order valence-corrected chi connectivity index (χ4v) is 4.83. The Balaban J connectivity index is 1.34. The van der Waals surface area contributed by atoms with Gasteiger partial charge in [0.15, 0.2) is 5.82 Å². The van der Waals surface area contributed by atoms with Crippen LogP contribution in [0.1, 0.15) is 12.8 Å². The molecule has 1 aliphatic rings. The lowest BCUT2D eigenvalue weighted by Crippen LogP contribution is -2.42. The normalized spacial score (nSPS) is 15.9. The minimum Gasteiger partial charge on any atom is -0.351 e. The van der Waals surface area contributed by atoms with Crippen LogP contribution in [0.4, 0.5) is 11.5 Å². The average molecular weight is 434 g/mol. The minimum atomic E-state index is -0.00680. The second-order valence-corrected chi connectivity index (χ2v) is 8.84. The number of hydrogen-bond donors (Lipinski definition) is 1. The van der Waals surface area contributed by atoms with Gasteiger partial charge in [-0.2, -0.15) is 5.10 Å². The van der Waals surface area contributed by atoms with Crippen LogP contribution in [0.5, 0.6) is 0 Å². The predicted molar refractivity (Wildman–Crippen MR) is 126 cm³/mol. The summed E-state index contributed by atoms with van der Waals surface area (Å²) in [6, 6.07) is 22.4. The molecule has 2 aromatic carbocycles. The fraction of sp³-hybridized carbons (Fsp3) is 0.292. The van der Waals surface area contributed by atoms with Gasteiger partial charge in [0.05, 0.1) is 12.2 Å². The van der Waals surface area contributed by atoms with Gasteiger partial charge < -0.3 is 10.2 Å². The molecule has 0 spiro atoms. The first-order valence-corrected chi connectivity index (χ1v) is 11.4. The van der Waals surface area contributed by atoms with Gasteiger partial charge in [0, 0.05) is 35.1 Å². The largest absolute Gasteiger partial charge is 0.351 e. The van der Waals surface area contributed by atoms with Gasteiger partial charge in [-0.25, -0.2) is 0 Å². The SMILES string of the molecule is CN(CC(=O)Nc1ccccc1Sc1ccccc1)CC1CCCN1c1cccnn1. The molecular formula is C24H27N5OS. The maximum absolute atomic E-state index is 12.8. The lowest BCUT2D eigenvalue weighted by Gasteiger charge is -2.29. The van der Waals surface area contributed by atoms with Crippen LogP contribution in [0.2, 0.25) is 0 Å². The number of hydrogen-bond acceptors (Lipinski definition) is 6. The summed E-state index contributed by atoms with van der Waals surface area (Å²) in [5.74, 6) is 0.905. The zero-order valence-electron chi connectivity index (χ0n) is 17.6. The van der Waals surface area contributed by atoms with Gasteiger partial charge >= 0.3 is 0 Å². The molecule has 0 radical (unpaired) electrons. The summed E-state index contributed by atoms with van der Waals surface area (Å²) in [5, 5.41) is 11.4. The first kappa shape index (κ1) is 21.3. The number of rotatable bonds is 8. The molecule has 160 valence electrons. The Morgan fingerprint density at radius 1 is 1.13 bits per heavy atom. The number of anilines is 2. The molecule has 31 heavy (non-hydrogen) atoms. The van der Waals surface area contributed by atoms with Crippen molar-refractivity contribution < 1.29 is 4.79 Å². The zero-order chi connectivity index (χ0) is 21.5. The van der Waals surface area contributed by atoms with Crippen LogP contribution < -0.4 is 10.2 Å². The lowest BCUT2D eigenvalue weighted by molar-refractivity contribution is -0.117. The molecule has 6 nitrogen and oxygen atoms in total. The standard InChI is InChI=1S/C24H27N5OS/c1-28(17-19-9-8-16-29(19)23-14-7-15-25-27-23)18-24(30)26-21-12-5-6-13-22(21)31-20-10-3-2-4-11-20/h2-7,10-15,19H,8-9,16-18H2,1H3,(H,26,30). The molecule has 1 atom stereocenters. The van der Waals surface area contributed by atoms with Gasteiger partial charge in [0.2, 0.25) is 5.91 Å². The van der Waals surface area contributed by atoms with Crippen molar-refractivity contribution in [2.24, 2.45) is 0 Å². The zero-order valence-corrected chi connectivity index (χ0v) is 18.5. The molecule has 1 unspecified atom stereocenters. The maximum atomic E-state index is 12.8. The molecule has 7 heteroatoms. The summed E-state index contributed by atoms with van der Waals surface area (Å²) in [4.78, 5) is 19.3. The maximum Gasteiger partial charge on any atom is 0.238 e. The Morgan fingerprint density at radius 2 is 1.94 bits per heavy atom. The number of nitrogens with one attached hydrogen (secondary N) is 1. The Morgan fingerprint density at radius 3 is 2.74 bits per heavy atom. The van der Waals surface area contributed by atoms with Crippen molar-refractivity contribution in [3.05, 3.63) is 72.9 Å². The van der Waals surface area contributed by atoms with Crippen LogP contribution in [0, 0.1) is 0 Å². The van der Waals surface area contributed by atoms with Gasteiger partial charge in [0.1, 0.15) is 0 Å². The van der Waals surface area contributed by atoms with Crippen LogP contribution in [0.25, 0.3) is 0 Å². The summed E-state index contributed by atoms with van der Waals surface area (Å²) < 4.78 is 0. The predicted octanol–water partition coefficient (Wildman–Crippen LogP) is 4.17. The number of carbonyl (C=O) groups is 1. The molecule has 0 aliphatic carbocycles. The highest BCUT2D eigenvalue weighted by atomic mass is 32.2. The van der Waals surface area contributed by atoms with Crippen molar-refractivity contribution in [1.29, 1.82) is 0 Å². The van der Waals surface area contributed by atoms with E-state index in [1.807, 2.05) is 61.6 Å². The molecule has 0 saturated carbocycles. The number of carbonyl (C=O) groups excluding carboxylic acids is 1. The number of aromatic nitrogens is 2. The summed E-state index contributed by atoms with van der Waals surface area (Å²) in [6.07, 6.45) is 3.92. The third-order valence-electron chi connectivity index (χ3n) is 5.30. The molecule has 1 aromatic heterocycles. The van der Waals surface area contributed by atoms with Crippen LogP contribution in [0.15, 0.2) is 82.7 Å². The van der Waals surface area contributed by atoms with E-state index in [9.17, 15) is 4.79 Å². The molecular weight excluding hydrogens is 406 g/mol. The number of amides is 1. The van der Waals surface area contributed by atoms with Gasteiger partial charge in [-0.1, -0.05) is 42.1 Å². The Bertz CT molecular complexity index is 986. The molecule has 1 N–H and O–H groups in total. The van der Waals surface area contributed by atoms with Crippen molar-refractivity contribution >= 4 is 29.2 Å². The molecule has 1 fully saturated rings. The van der Waals surface area contributed by atoms with E-state index in [0.717, 1.165) is 47.2 Å².